The van der Waals surface area contributed by atoms with E-state index in [1.807, 2.05) is 18.2 Å². The summed E-state index contributed by atoms with van der Waals surface area (Å²) in [6, 6.07) is 21.4. The van der Waals surface area contributed by atoms with Crippen LogP contribution in [0.25, 0.3) is 0 Å². The average molecular weight is 399 g/mol. The molecule has 0 amide bonds. The molecule has 1 aliphatic heterocycles. The summed E-state index contributed by atoms with van der Waals surface area (Å²) in [6.07, 6.45) is 6.31. The Hall–Kier alpha value is -3.40. The minimum Gasteiger partial charge on any atom is -0.508 e. The van der Waals surface area contributed by atoms with Gasteiger partial charge < -0.3 is 20.3 Å². The Morgan fingerprint density at radius 3 is 2.63 bits per heavy atom. The summed E-state index contributed by atoms with van der Waals surface area (Å²) in [5.74, 6) is 1.68. The summed E-state index contributed by atoms with van der Waals surface area (Å²) in [4.78, 5) is 0. The van der Waals surface area contributed by atoms with Crippen molar-refractivity contribution in [1.82, 2.24) is 0 Å². The quantitative estimate of drug-likeness (QED) is 0.493. The van der Waals surface area contributed by atoms with E-state index in [0.29, 0.717) is 12.5 Å². The second-order valence-electron chi connectivity index (χ2n) is 8.05. The van der Waals surface area contributed by atoms with Gasteiger partial charge in [-0.2, -0.15) is 0 Å². The molecule has 4 nitrogen and oxygen atoms in total. The number of nitrogens with one attached hydrogen (secondary N) is 1. The molecule has 3 N–H and O–H groups in total. The third-order valence-corrected chi connectivity index (χ3v) is 6.19. The van der Waals surface area contributed by atoms with Crippen LogP contribution in [0.5, 0.6) is 17.2 Å². The molecular formula is C26H25NO3. The molecule has 3 atom stereocenters. The molecule has 1 aliphatic carbocycles. The lowest BCUT2D eigenvalue weighted by Crippen LogP contribution is -2.29. The zero-order valence-electron chi connectivity index (χ0n) is 16.7. The first-order chi connectivity index (χ1) is 14.7. The molecule has 152 valence electrons. The molecule has 3 aromatic carbocycles. The molecule has 2 aliphatic rings. The van der Waals surface area contributed by atoms with E-state index in [-0.39, 0.29) is 23.5 Å². The van der Waals surface area contributed by atoms with Crippen LogP contribution in [-0.2, 0) is 6.42 Å². The molecule has 0 saturated heterocycles. The van der Waals surface area contributed by atoms with Gasteiger partial charge in [0.1, 0.15) is 17.2 Å². The lowest BCUT2D eigenvalue weighted by Gasteiger charge is -2.37. The van der Waals surface area contributed by atoms with Crippen molar-refractivity contribution in [2.75, 3.05) is 11.9 Å². The topological polar surface area (TPSA) is 61.7 Å². The summed E-state index contributed by atoms with van der Waals surface area (Å²) < 4.78 is 6.05. The predicted octanol–water partition coefficient (Wildman–Crippen LogP) is 5.55. The maximum absolute atomic E-state index is 10.4. The van der Waals surface area contributed by atoms with E-state index in [1.54, 1.807) is 6.07 Å². The maximum atomic E-state index is 10.4. The Labute approximate surface area is 176 Å². The van der Waals surface area contributed by atoms with Gasteiger partial charge in [0.25, 0.3) is 0 Å². The SMILES string of the molecule is Oc1ccc(C2Nc3ccc(OCCc4ccccc4)cc3C3C=CCC32)c(O)c1. The first-order valence-electron chi connectivity index (χ1n) is 10.4. The number of benzene rings is 3. The number of rotatable bonds is 5. The van der Waals surface area contributed by atoms with Gasteiger partial charge in [0.2, 0.25) is 0 Å². The monoisotopic (exact) mass is 399 g/mol. The van der Waals surface area contributed by atoms with E-state index in [1.165, 1.54) is 17.2 Å². The van der Waals surface area contributed by atoms with Crippen LogP contribution in [0.15, 0.2) is 78.9 Å². The minimum atomic E-state index is -0.0112. The summed E-state index contributed by atoms with van der Waals surface area (Å²) >= 11 is 0. The third-order valence-electron chi connectivity index (χ3n) is 6.19. The number of fused-ring (bicyclic) bond motifs is 3. The van der Waals surface area contributed by atoms with Gasteiger partial charge >= 0.3 is 0 Å². The Kier molecular flexibility index (Phi) is 4.83. The number of phenolic OH excluding ortho intramolecular Hbond substituents is 2. The van der Waals surface area contributed by atoms with Crippen molar-refractivity contribution < 1.29 is 14.9 Å². The van der Waals surface area contributed by atoms with Crippen molar-refractivity contribution in [2.45, 2.75) is 24.8 Å². The number of hydrogen-bond donors (Lipinski definition) is 3. The van der Waals surface area contributed by atoms with E-state index < -0.39 is 0 Å². The van der Waals surface area contributed by atoms with Gasteiger partial charge in [-0.25, -0.2) is 0 Å². The molecular weight excluding hydrogens is 374 g/mol. The smallest absolute Gasteiger partial charge is 0.124 e. The second-order valence-corrected chi connectivity index (χ2v) is 8.05. The molecule has 30 heavy (non-hydrogen) atoms. The zero-order chi connectivity index (χ0) is 20.5. The highest BCUT2D eigenvalue weighted by Crippen LogP contribution is 2.51. The van der Waals surface area contributed by atoms with Crippen LogP contribution < -0.4 is 10.1 Å². The van der Waals surface area contributed by atoms with Crippen molar-refractivity contribution in [2.24, 2.45) is 5.92 Å². The van der Waals surface area contributed by atoms with Gasteiger partial charge in [0.05, 0.1) is 12.6 Å². The first kappa shape index (κ1) is 18.6. The van der Waals surface area contributed by atoms with Gasteiger partial charge in [0, 0.05) is 29.7 Å². The standard InChI is InChI=1S/C26H25NO3/c28-18-9-11-22(25(29)15-18)26-21-8-4-7-20(21)23-16-19(10-12-24(23)27-26)30-14-13-17-5-2-1-3-6-17/h1-7,9-12,15-16,20-21,26-29H,8,13-14H2. The second kappa shape index (κ2) is 7.79. The van der Waals surface area contributed by atoms with Gasteiger partial charge in [-0.3, -0.25) is 0 Å². The van der Waals surface area contributed by atoms with Crippen molar-refractivity contribution >= 4 is 5.69 Å². The van der Waals surface area contributed by atoms with E-state index in [2.05, 4.69) is 53.9 Å². The van der Waals surface area contributed by atoms with Crippen molar-refractivity contribution in [3.8, 4) is 17.2 Å². The number of aromatic hydroxyl groups is 2. The highest BCUT2D eigenvalue weighted by Gasteiger charge is 2.39. The van der Waals surface area contributed by atoms with Gasteiger partial charge in [-0.05, 0) is 53.8 Å². The molecule has 5 rings (SSSR count). The third kappa shape index (κ3) is 3.50. The van der Waals surface area contributed by atoms with Gasteiger partial charge in [-0.1, -0.05) is 42.5 Å². The van der Waals surface area contributed by atoms with E-state index >= 15 is 0 Å². The molecule has 0 fully saturated rings. The van der Waals surface area contributed by atoms with Crippen molar-refractivity contribution in [3.63, 3.8) is 0 Å². The van der Waals surface area contributed by atoms with Crippen LogP contribution in [0.3, 0.4) is 0 Å². The van der Waals surface area contributed by atoms with E-state index in [0.717, 1.165) is 29.8 Å². The van der Waals surface area contributed by atoms with Crippen LogP contribution in [0.2, 0.25) is 0 Å². The largest absolute Gasteiger partial charge is 0.508 e. The molecule has 1 heterocycles. The Balaban J connectivity index is 1.37. The summed E-state index contributed by atoms with van der Waals surface area (Å²) in [5.41, 5.74) is 4.39. The molecule has 0 saturated carbocycles. The van der Waals surface area contributed by atoms with E-state index in [9.17, 15) is 10.2 Å². The van der Waals surface area contributed by atoms with Crippen molar-refractivity contribution in [3.05, 3.63) is 95.6 Å². The van der Waals surface area contributed by atoms with Crippen molar-refractivity contribution in [1.29, 1.82) is 0 Å². The molecule has 3 unspecified atom stereocenters. The van der Waals surface area contributed by atoms with E-state index in [4.69, 9.17) is 4.74 Å². The predicted molar refractivity (Wildman–Crippen MR) is 118 cm³/mol. The van der Waals surface area contributed by atoms with Crippen LogP contribution >= 0.6 is 0 Å². The fourth-order valence-electron chi connectivity index (χ4n) is 4.70. The number of ether oxygens (including phenoxy) is 1. The van der Waals surface area contributed by atoms with Crippen LogP contribution in [-0.4, -0.2) is 16.8 Å². The zero-order valence-corrected chi connectivity index (χ0v) is 16.7. The molecule has 0 bridgehead atoms. The average Bonchev–Trinajstić information content (AvgIpc) is 3.25. The summed E-state index contributed by atoms with van der Waals surface area (Å²) in [6.45, 7) is 0.643. The Bertz CT molecular complexity index is 1080. The molecule has 3 aromatic rings. The lowest BCUT2D eigenvalue weighted by molar-refractivity contribution is 0.320. The fraction of sp³-hybridized carbons (Fsp3) is 0.231. The van der Waals surface area contributed by atoms with Crippen LogP contribution in [0, 0.1) is 5.92 Å². The normalized spacial score (nSPS) is 21.5. The molecule has 0 radical (unpaired) electrons. The number of hydrogen-bond acceptors (Lipinski definition) is 4. The molecule has 0 spiro atoms. The lowest BCUT2D eigenvalue weighted by atomic mass is 9.77. The van der Waals surface area contributed by atoms with Crippen LogP contribution in [0.4, 0.5) is 5.69 Å². The summed E-state index contributed by atoms with van der Waals surface area (Å²) in [7, 11) is 0. The van der Waals surface area contributed by atoms with Gasteiger partial charge in [0.15, 0.2) is 0 Å². The Morgan fingerprint density at radius 1 is 0.933 bits per heavy atom. The number of allylic oxidation sites excluding steroid dienone is 2. The highest BCUT2D eigenvalue weighted by molar-refractivity contribution is 5.62. The number of phenols is 2. The minimum absolute atomic E-state index is 0.0112. The Morgan fingerprint density at radius 2 is 1.80 bits per heavy atom. The summed E-state index contributed by atoms with van der Waals surface area (Å²) in [5, 5.41) is 23.7. The maximum Gasteiger partial charge on any atom is 0.124 e. The molecule has 0 aromatic heterocycles. The first-order valence-corrected chi connectivity index (χ1v) is 10.4. The highest BCUT2D eigenvalue weighted by atomic mass is 16.5. The fourth-order valence-corrected chi connectivity index (χ4v) is 4.70. The number of anilines is 1. The van der Waals surface area contributed by atoms with Gasteiger partial charge in [-0.15, -0.1) is 0 Å². The molecule has 4 heteroatoms. The van der Waals surface area contributed by atoms with Crippen LogP contribution in [0.1, 0.15) is 35.1 Å².